The van der Waals surface area contributed by atoms with Crippen molar-refractivity contribution in [3.05, 3.63) is 52.6 Å². The van der Waals surface area contributed by atoms with Crippen molar-refractivity contribution in [3.8, 4) is 17.2 Å². The molecule has 2 aromatic rings. The Morgan fingerprint density at radius 3 is 2.48 bits per heavy atom. The SMILES string of the molecule is COc1ccc(C2CC(=O)Oc3cc(C)cc(C)c32)cc1OC. The minimum Gasteiger partial charge on any atom is -0.493 e. The Morgan fingerprint density at radius 2 is 1.78 bits per heavy atom. The molecule has 0 spiro atoms. The first-order valence-corrected chi connectivity index (χ1v) is 7.57. The molecule has 0 amide bonds. The van der Waals surface area contributed by atoms with Crippen LogP contribution in [0.4, 0.5) is 0 Å². The maximum Gasteiger partial charge on any atom is 0.312 e. The van der Waals surface area contributed by atoms with Crippen LogP contribution in [0.15, 0.2) is 30.3 Å². The average Bonchev–Trinajstić information content (AvgIpc) is 2.52. The summed E-state index contributed by atoms with van der Waals surface area (Å²) in [6, 6.07) is 9.83. The lowest BCUT2D eigenvalue weighted by Gasteiger charge is -2.27. The molecular weight excluding hydrogens is 292 g/mol. The molecule has 0 radical (unpaired) electrons. The van der Waals surface area contributed by atoms with Crippen LogP contribution in [0.1, 0.15) is 34.6 Å². The van der Waals surface area contributed by atoms with Gasteiger partial charge in [0.05, 0.1) is 20.6 Å². The summed E-state index contributed by atoms with van der Waals surface area (Å²) in [5, 5.41) is 0. The first-order valence-electron chi connectivity index (χ1n) is 7.57. The van der Waals surface area contributed by atoms with Gasteiger partial charge in [0.15, 0.2) is 11.5 Å². The van der Waals surface area contributed by atoms with E-state index in [4.69, 9.17) is 14.2 Å². The van der Waals surface area contributed by atoms with Gasteiger partial charge < -0.3 is 14.2 Å². The van der Waals surface area contributed by atoms with Gasteiger partial charge in [0.1, 0.15) is 5.75 Å². The molecule has 2 aromatic carbocycles. The van der Waals surface area contributed by atoms with E-state index in [0.29, 0.717) is 23.7 Å². The van der Waals surface area contributed by atoms with Crippen LogP contribution in [-0.2, 0) is 4.79 Å². The van der Waals surface area contributed by atoms with E-state index in [0.717, 1.165) is 22.3 Å². The fraction of sp³-hybridized carbons (Fsp3) is 0.316. The molecule has 120 valence electrons. The Kier molecular flexibility index (Phi) is 3.99. The summed E-state index contributed by atoms with van der Waals surface area (Å²) in [4.78, 5) is 12.0. The average molecular weight is 312 g/mol. The topological polar surface area (TPSA) is 44.8 Å². The summed E-state index contributed by atoms with van der Waals surface area (Å²) < 4.78 is 16.1. The molecule has 4 nitrogen and oxygen atoms in total. The number of ether oxygens (including phenoxy) is 3. The van der Waals surface area contributed by atoms with Crippen LogP contribution >= 0.6 is 0 Å². The molecule has 1 aliphatic heterocycles. The number of benzene rings is 2. The van der Waals surface area contributed by atoms with Crippen LogP contribution < -0.4 is 14.2 Å². The van der Waals surface area contributed by atoms with Gasteiger partial charge in [0, 0.05) is 11.5 Å². The number of hydrogen-bond acceptors (Lipinski definition) is 4. The maximum absolute atomic E-state index is 12.0. The summed E-state index contributed by atoms with van der Waals surface area (Å²) in [6.07, 6.45) is 0.326. The molecule has 0 N–H and O–H groups in total. The smallest absolute Gasteiger partial charge is 0.312 e. The maximum atomic E-state index is 12.0. The van der Waals surface area contributed by atoms with E-state index in [1.807, 2.05) is 31.2 Å². The van der Waals surface area contributed by atoms with E-state index >= 15 is 0 Å². The summed E-state index contributed by atoms with van der Waals surface area (Å²) in [5.74, 6) is 1.76. The molecule has 1 aliphatic rings. The molecule has 0 bridgehead atoms. The van der Waals surface area contributed by atoms with Gasteiger partial charge in [0.2, 0.25) is 0 Å². The highest BCUT2D eigenvalue weighted by molar-refractivity contribution is 5.78. The summed E-state index contributed by atoms with van der Waals surface area (Å²) in [5.41, 5.74) is 4.31. The van der Waals surface area contributed by atoms with Crippen molar-refractivity contribution in [2.45, 2.75) is 26.2 Å². The summed E-state index contributed by atoms with van der Waals surface area (Å²) in [6.45, 7) is 4.06. The van der Waals surface area contributed by atoms with Crippen molar-refractivity contribution in [3.63, 3.8) is 0 Å². The van der Waals surface area contributed by atoms with Crippen LogP contribution in [0.2, 0.25) is 0 Å². The fourth-order valence-corrected chi connectivity index (χ4v) is 3.26. The van der Waals surface area contributed by atoms with Crippen molar-refractivity contribution < 1.29 is 19.0 Å². The second-order valence-electron chi connectivity index (χ2n) is 5.84. The molecule has 23 heavy (non-hydrogen) atoms. The zero-order valence-corrected chi connectivity index (χ0v) is 13.8. The van der Waals surface area contributed by atoms with Crippen LogP contribution in [0.25, 0.3) is 0 Å². The fourth-order valence-electron chi connectivity index (χ4n) is 3.26. The second kappa shape index (κ2) is 5.95. The lowest BCUT2D eigenvalue weighted by molar-refractivity contribution is -0.135. The van der Waals surface area contributed by atoms with E-state index < -0.39 is 0 Å². The highest BCUT2D eigenvalue weighted by Gasteiger charge is 2.30. The van der Waals surface area contributed by atoms with Crippen LogP contribution in [0.5, 0.6) is 17.2 Å². The Bertz CT molecular complexity index is 764. The van der Waals surface area contributed by atoms with Gasteiger partial charge in [-0.15, -0.1) is 0 Å². The number of carbonyl (C=O) groups excluding carboxylic acids is 1. The third-order valence-corrected chi connectivity index (χ3v) is 4.25. The van der Waals surface area contributed by atoms with Crippen molar-refractivity contribution in [1.82, 2.24) is 0 Å². The van der Waals surface area contributed by atoms with Gasteiger partial charge in [-0.2, -0.15) is 0 Å². The number of carbonyl (C=O) groups is 1. The van der Waals surface area contributed by atoms with E-state index in [1.54, 1.807) is 14.2 Å². The predicted octanol–water partition coefficient (Wildman–Crippen LogP) is 3.76. The third kappa shape index (κ3) is 2.77. The van der Waals surface area contributed by atoms with E-state index in [-0.39, 0.29) is 11.9 Å². The minimum atomic E-state index is -0.206. The molecular formula is C19H20O4. The molecule has 0 saturated heterocycles. The lowest BCUT2D eigenvalue weighted by atomic mass is 9.83. The Morgan fingerprint density at radius 1 is 1.04 bits per heavy atom. The zero-order chi connectivity index (χ0) is 16.6. The number of methoxy groups -OCH3 is 2. The number of hydrogen-bond donors (Lipinski definition) is 0. The van der Waals surface area contributed by atoms with Gasteiger partial charge in [-0.25, -0.2) is 0 Å². The quantitative estimate of drug-likeness (QED) is 0.639. The second-order valence-corrected chi connectivity index (χ2v) is 5.84. The standard InChI is InChI=1S/C19H20O4/c1-11-7-12(2)19-14(10-18(20)23-17(19)8-11)13-5-6-15(21-3)16(9-13)22-4/h5-9,14H,10H2,1-4H3. The van der Waals surface area contributed by atoms with Gasteiger partial charge in [-0.1, -0.05) is 12.1 Å². The molecule has 4 heteroatoms. The largest absolute Gasteiger partial charge is 0.493 e. The van der Waals surface area contributed by atoms with Crippen molar-refractivity contribution in [2.24, 2.45) is 0 Å². The molecule has 0 fully saturated rings. The van der Waals surface area contributed by atoms with Crippen LogP contribution in [0, 0.1) is 13.8 Å². The number of fused-ring (bicyclic) bond motifs is 1. The van der Waals surface area contributed by atoms with Crippen molar-refractivity contribution in [2.75, 3.05) is 14.2 Å². The molecule has 1 atom stereocenters. The minimum absolute atomic E-state index is 0.0355. The number of esters is 1. The van der Waals surface area contributed by atoms with Gasteiger partial charge in [0.25, 0.3) is 0 Å². The molecule has 1 heterocycles. The van der Waals surface area contributed by atoms with Gasteiger partial charge in [-0.05, 0) is 48.7 Å². The molecule has 0 aromatic heterocycles. The first-order chi connectivity index (χ1) is 11.0. The van der Waals surface area contributed by atoms with Crippen molar-refractivity contribution in [1.29, 1.82) is 0 Å². The summed E-state index contributed by atoms with van der Waals surface area (Å²) >= 11 is 0. The molecule has 3 rings (SSSR count). The predicted molar refractivity (Wildman–Crippen MR) is 87.6 cm³/mol. The van der Waals surface area contributed by atoms with Gasteiger partial charge in [-0.3, -0.25) is 4.79 Å². The van der Waals surface area contributed by atoms with E-state index in [1.165, 1.54) is 0 Å². The van der Waals surface area contributed by atoms with E-state index in [9.17, 15) is 4.79 Å². The highest BCUT2D eigenvalue weighted by atomic mass is 16.5. The normalized spacial score (nSPS) is 16.5. The third-order valence-electron chi connectivity index (χ3n) is 4.25. The Hall–Kier alpha value is -2.49. The highest BCUT2D eigenvalue weighted by Crippen LogP contribution is 2.43. The molecule has 0 aliphatic carbocycles. The Balaban J connectivity index is 2.13. The van der Waals surface area contributed by atoms with E-state index in [2.05, 4.69) is 13.0 Å². The number of aryl methyl sites for hydroxylation is 2. The van der Waals surface area contributed by atoms with Crippen LogP contribution in [-0.4, -0.2) is 20.2 Å². The Labute approximate surface area is 136 Å². The van der Waals surface area contributed by atoms with Crippen molar-refractivity contribution >= 4 is 5.97 Å². The van der Waals surface area contributed by atoms with Gasteiger partial charge >= 0.3 is 5.97 Å². The van der Waals surface area contributed by atoms with Crippen LogP contribution in [0.3, 0.4) is 0 Å². The zero-order valence-electron chi connectivity index (χ0n) is 13.8. The molecule has 0 saturated carbocycles. The first kappa shape index (κ1) is 15.4. The lowest BCUT2D eigenvalue weighted by Crippen LogP contribution is -2.22. The monoisotopic (exact) mass is 312 g/mol. The molecule has 1 unspecified atom stereocenters. The summed E-state index contributed by atoms with van der Waals surface area (Å²) in [7, 11) is 3.22. The number of rotatable bonds is 3.